The van der Waals surface area contributed by atoms with Crippen LogP contribution in [-0.2, 0) is 0 Å². The summed E-state index contributed by atoms with van der Waals surface area (Å²) in [6.45, 7) is 6.92. The summed E-state index contributed by atoms with van der Waals surface area (Å²) < 4.78 is 0. The Morgan fingerprint density at radius 1 is 1.19 bits per heavy atom. The van der Waals surface area contributed by atoms with Gasteiger partial charge in [0.25, 0.3) is 5.91 Å². The smallest absolute Gasteiger partial charge is 0.253 e. The summed E-state index contributed by atoms with van der Waals surface area (Å²) in [4.78, 5) is 16.4. The summed E-state index contributed by atoms with van der Waals surface area (Å²) in [5.74, 6) is 0.506. The number of carbonyl (C=O) groups is 1. The fourth-order valence-electron chi connectivity index (χ4n) is 2.94. The van der Waals surface area contributed by atoms with E-state index in [1.54, 1.807) is 4.90 Å². The van der Waals surface area contributed by atoms with E-state index in [1.807, 2.05) is 31.3 Å². The van der Waals surface area contributed by atoms with Crippen molar-refractivity contribution in [2.75, 3.05) is 31.6 Å². The quantitative estimate of drug-likeness (QED) is 0.875. The maximum Gasteiger partial charge on any atom is 0.253 e. The Kier molecular flexibility index (Phi) is 5.23. The van der Waals surface area contributed by atoms with E-state index in [2.05, 4.69) is 18.7 Å². The van der Waals surface area contributed by atoms with Crippen molar-refractivity contribution in [1.29, 1.82) is 0 Å². The number of aliphatic hydroxyl groups is 1. The van der Waals surface area contributed by atoms with Gasteiger partial charge in [-0.3, -0.25) is 4.79 Å². The standard InChI is InChI=1S/C17H26N2O2/c1-4-19(5-2)15-8-6-14(7-9-15)17(21)18(3)12-13-10-16(20)11-13/h6-9,13,16,20H,4-5,10-12H2,1-3H3. The topological polar surface area (TPSA) is 43.8 Å². The lowest BCUT2D eigenvalue weighted by Gasteiger charge is -2.34. The fraction of sp³-hybridized carbons (Fsp3) is 0.588. The number of hydrogen-bond donors (Lipinski definition) is 1. The second-order valence-electron chi connectivity index (χ2n) is 5.90. The molecule has 1 N–H and O–H groups in total. The molecule has 0 radical (unpaired) electrons. The van der Waals surface area contributed by atoms with Gasteiger partial charge in [0.15, 0.2) is 0 Å². The van der Waals surface area contributed by atoms with E-state index in [4.69, 9.17) is 0 Å². The highest BCUT2D eigenvalue weighted by molar-refractivity contribution is 5.94. The number of aliphatic hydroxyl groups excluding tert-OH is 1. The van der Waals surface area contributed by atoms with Crippen LogP contribution in [0.2, 0.25) is 0 Å². The third-order valence-corrected chi connectivity index (χ3v) is 4.33. The van der Waals surface area contributed by atoms with E-state index >= 15 is 0 Å². The molecule has 1 aliphatic carbocycles. The van der Waals surface area contributed by atoms with Crippen LogP contribution in [0.4, 0.5) is 5.69 Å². The highest BCUT2D eigenvalue weighted by atomic mass is 16.3. The first-order chi connectivity index (χ1) is 10.0. The monoisotopic (exact) mass is 290 g/mol. The highest BCUT2D eigenvalue weighted by Crippen LogP contribution is 2.28. The molecule has 1 saturated carbocycles. The molecule has 0 aliphatic heterocycles. The molecule has 0 saturated heterocycles. The van der Waals surface area contributed by atoms with Gasteiger partial charge >= 0.3 is 0 Å². The lowest BCUT2D eigenvalue weighted by molar-refractivity contribution is 0.0265. The molecule has 0 atom stereocenters. The van der Waals surface area contributed by atoms with E-state index < -0.39 is 0 Å². The second-order valence-corrected chi connectivity index (χ2v) is 5.90. The molecule has 0 bridgehead atoms. The third kappa shape index (κ3) is 3.76. The van der Waals surface area contributed by atoms with Crippen molar-refractivity contribution in [3.8, 4) is 0 Å². The molecule has 21 heavy (non-hydrogen) atoms. The number of anilines is 1. The molecule has 1 fully saturated rings. The van der Waals surface area contributed by atoms with Gasteiger partial charge in [0, 0.05) is 37.9 Å². The van der Waals surface area contributed by atoms with E-state index in [9.17, 15) is 9.90 Å². The van der Waals surface area contributed by atoms with Gasteiger partial charge in [-0.25, -0.2) is 0 Å². The zero-order valence-electron chi connectivity index (χ0n) is 13.2. The minimum absolute atomic E-state index is 0.0579. The zero-order valence-corrected chi connectivity index (χ0v) is 13.2. The largest absolute Gasteiger partial charge is 0.393 e. The van der Waals surface area contributed by atoms with Crippen molar-refractivity contribution in [1.82, 2.24) is 4.90 Å². The molecule has 0 aromatic heterocycles. The summed E-state index contributed by atoms with van der Waals surface area (Å²) in [5.41, 5.74) is 1.88. The maximum atomic E-state index is 12.4. The summed E-state index contributed by atoms with van der Waals surface area (Å²) in [6.07, 6.45) is 1.48. The van der Waals surface area contributed by atoms with Crippen molar-refractivity contribution < 1.29 is 9.90 Å². The number of amides is 1. The van der Waals surface area contributed by atoms with Gasteiger partial charge in [0.05, 0.1) is 6.10 Å². The molecule has 2 rings (SSSR count). The molecular weight excluding hydrogens is 264 g/mol. The first-order valence-corrected chi connectivity index (χ1v) is 7.83. The highest BCUT2D eigenvalue weighted by Gasteiger charge is 2.29. The van der Waals surface area contributed by atoms with Crippen LogP contribution in [0.5, 0.6) is 0 Å². The van der Waals surface area contributed by atoms with Crippen LogP contribution in [0.25, 0.3) is 0 Å². The van der Waals surface area contributed by atoms with Crippen molar-refractivity contribution in [3.63, 3.8) is 0 Å². The molecule has 1 aromatic carbocycles. The van der Waals surface area contributed by atoms with Crippen LogP contribution in [-0.4, -0.2) is 48.7 Å². The van der Waals surface area contributed by atoms with Gasteiger partial charge in [0.1, 0.15) is 0 Å². The maximum absolute atomic E-state index is 12.4. The van der Waals surface area contributed by atoms with E-state index in [1.165, 1.54) is 0 Å². The lowest BCUT2D eigenvalue weighted by atomic mass is 9.82. The first kappa shape index (κ1) is 15.8. The van der Waals surface area contributed by atoms with Gasteiger partial charge in [-0.15, -0.1) is 0 Å². The van der Waals surface area contributed by atoms with Crippen molar-refractivity contribution >= 4 is 11.6 Å². The van der Waals surface area contributed by atoms with E-state index in [-0.39, 0.29) is 12.0 Å². The van der Waals surface area contributed by atoms with Crippen LogP contribution in [0.15, 0.2) is 24.3 Å². The van der Waals surface area contributed by atoms with Crippen molar-refractivity contribution in [3.05, 3.63) is 29.8 Å². The summed E-state index contributed by atoms with van der Waals surface area (Å²) in [5, 5.41) is 9.31. The van der Waals surface area contributed by atoms with Crippen LogP contribution in [0, 0.1) is 5.92 Å². The predicted molar refractivity (Wildman–Crippen MR) is 85.7 cm³/mol. The van der Waals surface area contributed by atoms with Crippen LogP contribution in [0.3, 0.4) is 0 Å². The molecule has 1 amide bonds. The Morgan fingerprint density at radius 2 is 1.76 bits per heavy atom. The lowest BCUT2D eigenvalue weighted by Crippen LogP contribution is -2.39. The number of benzene rings is 1. The number of hydrogen-bond acceptors (Lipinski definition) is 3. The second kappa shape index (κ2) is 6.94. The molecule has 4 nitrogen and oxygen atoms in total. The number of rotatable bonds is 6. The molecular formula is C17H26N2O2. The normalized spacial score (nSPS) is 20.8. The minimum atomic E-state index is -0.160. The predicted octanol–water partition coefficient (Wildman–Crippen LogP) is 2.38. The zero-order chi connectivity index (χ0) is 15.4. The SMILES string of the molecule is CCN(CC)c1ccc(C(=O)N(C)CC2CC(O)C2)cc1. The molecule has 4 heteroatoms. The van der Waals surface area contributed by atoms with Gasteiger partial charge < -0.3 is 14.9 Å². The third-order valence-electron chi connectivity index (χ3n) is 4.33. The molecule has 0 spiro atoms. The minimum Gasteiger partial charge on any atom is -0.393 e. The first-order valence-electron chi connectivity index (χ1n) is 7.83. The Bertz CT molecular complexity index is 462. The molecule has 0 heterocycles. The van der Waals surface area contributed by atoms with Crippen LogP contribution < -0.4 is 4.90 Å². The van der Waals surface area contributed by atoms with Crippen molar-refractivity contribution in [2.24, 2.45) is 5.92 Å². The van der Waals surface area contributed by atoms with Crippen molar-refractivity contribution in [2.45, 2.75) is 32.8 Å². The van der Waals surface area contributed by atoms with Crippen LogP contribution in [0.1, 0.15) is 37.0 Å². The average Bonchev–Trinajstić information content (AvgIpc) is 2.47. The summed E-state index contributed by atoms with van der Waals surface area (Å²) in [7, 11) is 1.84. The van der Waals surface area contributed by atoms with Gasteiger partial charge in [-0.05, 0) is 56.9 Å². The Hall–Kier alpha value is -1.55. The molecule has 1 aromatic rings. The molecule has 0 unspecified atom stereocenters. The van der Waals surface area contributed by atoms with E-state index in [0.29, 0.717) is 5.92 Å². The molecule has 116 valence electrons. The summed E-state index contributed by atoms with van der Waals surface area (Å²) >= 11 is 0. The Morgan fingerprint density at radius 3 is 2.24 bits per heavy atom. The summed E-state index contributed by atoms with van der Waals surface area (Å²) in [6, 6.07) is 7.84. The average molecular weight is 290 g/mol. The fourth-order valence-corrected chi connectivity index (χ4v) is 2.94. The molecule has 1 aliphatic rings. The van der Waals surface area contributed by atoms with Gasteiger partial charge in [-0.2, -0.15) is 0 Å². The Balaban J connectivity index is 1.95. The van der Waals surface area contributed by atoms with Crippen LogP contribution >= 0.6 is 0 Å². The Labute approximate surface area is 127 Å². The number of nitrogens with zero attached hydrogens (tertiary/aromatic N) is 2. The van der Waals surface area contributed by atoms with Gasteiger partial charge in [-0.1, -0.05) is 0 Å². The van der Waals surface area contributed by atoms with Gasteiger partial charge in [0.2, 0.25) is 0 Å². The number of carbonyl (C=O) groups excluding carboxylic acids is 1. The van der Waals surface area contributed by atoms with E-state index in [0.717, 1.165) is 43.7 Å².